The second kappa shape index (κ2) is 8.34. The number of aliphatic hydroxyl groups excluding tert-OH is 1. The van der Waals surface area contributed by atoms with E-state index in [0.717, 1.165) is 0 Å². The highest BCUT2D eigenvalue weighted by Crippen LogP contribution is 2.27. The number of nitrogens with one attached hydrogen (secondary N) is 1. The number of nitrogens with two attached hydrogens (primary N) is 1. The van der Waals surface area contributed by atoms with E-state index in [1.807, 2.05) is 6.07 Å². The molecule has 1 saturated carbocycles. The summed E-state index contributed by atoms with van der Waals surface area (Å²) in [7, 11) is 1.55. The fraction of sp³-hybridized carbons (Fsp3) is 0.579. The van der Waals surface area contributed by atoms with Crippen molar-refractivity contribution in [2.45, 2.75) is 45.1 Å². The van der Waals surface area contributed by atoms with Crippen LogP contribution in [0.4, 0.5) is 5.69 Å². The van der Waals surface area contributed by atoms with Gasteiger partial charge in [0.05, 0.1) is 18.8 Å². The highest BCUT2D eigenvalue weighted by molar-refractivity contribution is 6.46. The number of aliphatic imine (C=N–C) groups is 1. The molecule has 0 radical (unpaired) electrons. The molecule has 0 unspecified atom stereocenters. The van der Waals surface area contributed by atoms with Crippen LogP contribution < -0.4 is 15.8 Å². The first-order valence-electron chi connectivity index (χ1n) is 8.79. The van der Waals surface area contributed by atoms with Crippen LogP contribution in [0.5, 0.6) is 5.75 Å². The zero-order chi connectivity index (χ0) is 18.4. The molecule has 0 bridgehead atoms. The van der Waals surface area contributed by atoms with Crippen LogP contribution in [0, 0.1) is 5.92 Å². The second-order valence-corrected chi connectivity index (χ2v) is 7.28. The lowest BCUT2D eigenvalue weighted by Crippen LogP contribution is -2.49. The van der Waals surface area contributed by atoms with Gasteiger partial charge in [0, 0.05) is 18.3 Å². The van der Waals surface area contributed by atoms with Gasteiger partial charge in [-0.1, -0.05) is 12.8 Å². The van der Waals surface area contributed by atoms with E-state index in [9.17, 15) is 9.90 Å². The smallest absolute Gasteiger partial charge is 0.270 e. The molecule has 0 spiro atoms. The Morgan fingerprint density at radius 1 is 1.40 bits per heavy atom. The van der Waals surface area contributed by atoms with Crippen LogP contribution in [0.2, 0.25) is 0 Å². The third-order valence-electron chi connectivity index (χ3n) is 4.53. The molecular formula is C19H29N3O3. The largest absolute Gasteiger partial charge is 0.493 e. The number of aliphatic hydroxyl groups is 1. The zero-order valence-electron chi connectivity index (χ0n) is 15.3. The normalized spacial score (nSPS) is 16.1. The van der Waals surface area contributed by atoms with Crippen LogP contribution >= 0.6 is 0 Å². The number of hydrogen-bond donors (Lipinski definition) is 3. The standard InChI is InChI=1S/C19H29N3O3/c1-19(2,12-23)22-18(24)17(21-3)15-10-14(8-9-16(15)20)25-11-13-6-4-5-7-13/h8-10,13,23H,4-7,11-12,20H2,1-3H3,(H,22,24). The van der Waals surface area contributed by atoms with Gasteiger partial charge in [0.15, 0.2) is 0 Å². The summed E-state index contributed by atoms with van der Waals surface area (Å²) in [5.74, 6) is 0.918. The molecule has 1 aliphatic rings. The van der Waals surface area contributed by atoms with Gasteiger partial charge in [-0.15, -0.1) is 0 Å². The predicted molar refractivity (Wildman–Crippen MR) is 100 cm³/mol. The van der Waals surface area contributed by atoms with Crippen molar-refractivity contribution in [1.82, 2.24) is 5.32 Å². The summed E-state index contributed by atoms with van der Waals surface area (Å²) >= 11 is 0. The summed E-state index contributed by atoms with van der Waals surface area (Å²) in [5, 5.41) is 12.1. The van der Waals surface area contributed by atoms with Crippen LogP contribution in [0.25, 0.3) is 0 Å². The molecule has 0 saturated heterocycles. The Morgan fingerprint density at radius 2 is 2.08 bits per heavy atom. The Hall–Kier alpha value is -2.08. The summed E-state index contributed by atoms with van der Waals surface area (Å²) in [6.45, 7) is 3.99. The van der Waals surface area contributed by atoms with Gasteiger partial charge in [0.1, 0.15) is 11.5 Å². The minimum atomic E-state index is -0.738. The van der Waals surface area contributed by atoms with E-state index < -0.39 is 5.54 Å². The highest BCUT2D eigenvalue weighted by atomic mass is 16.5. The molecule has 0 aliphatic heterocycles. The lowest BCUT2D eigenvalue weighted by Gasteiger charge is -2.24. The Morgan fingerprint density at radius 3 is 2.68 bits per heavy atom. The fourth-order valence-corrected chi connectivity index (χ4v) is 2.97. The number of nitrogens with zero attached hydrogens (tertiary/aromatic N) is 1. The quantitative estimate of drug-likeness (QED) is 0.520. The van der Waals surface area contributed by atoms with Gasteiger partial charge in [0.25, 0.3) is 5.91 Å². The van der Waals surface area contributed by atoms with E-state index in [2.05, 4.69) is 10.3 Å². The summed E-state index contributed by atoms with van der Waals surface area (Å²) < 4.78 is 5.90. The number of hydrogen-bond acceptors (Lipinski definition) is 5. The summed E-state index contributed by atoms with van der Waals surface area (Å²) in [4.78, 5) is 16.6. The maximum absolute atomic E-state index is 12.5. The molecule has 1 amide bonds. The topological polar surface area (TPSA) is 96.9 Å². The molecule has 2 rings (SSSR count). The zero-order valence-corrected chi connectivity index (χ0v) is 15.3. The highest BCUT2D eigenvalue weighted by Gasteiger charge is 2.24. The van der Waals surface area contributed by atoms with Crippen molar-refractivity contribution in [3.8, 4) is 5.75 Å². The number of amides is 1. The number of rotatable bonds is 7. The Bertz CT molecular complexity index is 635. The van der Waals surface area contributed by atoms with Gasteiger partial charge >= 0.3 is 0 Å². The van der Waals surface area contributed by atoms with Crippen molar-refractivity contribution in [3.05, 3.63) is 23.8 Å². The molecule has 4 N–H and O–H groups in total. The van der Waals surface area contributed by atoms with Gasteiger partial charge in [-0.25, -0.2) is 0 Å². The van der Waals surface area contributed by atoms with Gasteiger partial charge in [-0.05, 0) is 50.8 Å². The van der Waals surface area contributed by atoms with Crippen molar-refractivity contribution >= 4 is 17.3 Å². The molecule has 1 fully saturated rings. The molecule has 0 atom stereocenters. The average Bonchev–Trinajstić information content (AvgIpc) is 3.09. The van der Waals surface area contributed by atoms with Gasteiger partial charge in [-0.2, -0.15) is 0 Å². The lowest BCUT2D eigenvalue weighted by molar-refractivity contribution is -0.116. The number of anilines is 1. The number of carbonyl (C=O) groups is 1. The predicted octanol–water partition coefficient (Wildman–Crippen LogP) is 2.14. The van der Waals surface area contributed by atoms with Crippen LogP contribution in [0.3, 0.4) is 0 Å². The fourth-order valence-electron chi connectivity index (χ4n) is 2.97. The molecule has 1 aromatic rings. The van der Waals surface area contributed by atoms with Crippen LogP contribution in [0.15, 0.2) is 23.2 Å². The minimum Gasteiger partial charge on any atom is -0.493 e. The summed E-state index contributed by atoms with van der Waals surface area (Å²) in [6, 6.07) is 5.31. The Labute approximate surface area is 149 Å². The van der Waals surface area contributed by atoms with E-state index in [0.29, 0.717) is 29.5 Å². The first-order chi connectivity index (χ1) is 11.9. The van der Waals surface area contributed by atoms with E-state index in [4.69, 9.17) is 10.5 Å². The van der Waals surface area contributed by atoms with Gasteiger partial charge < -0.3 is 20.9 Å². The first-order valence-corrected chi connectivity index (χ1v) is 8.79. The van der Waals surface area contributed by atoms with Gasteiger partial charge in [-0.3, -0.25) is 9.79 Å². The van der Waals surface area contributed by atoms with Crippen molar-refractivity contribution in [1.29, 1.82) is 0 Å². The van der Waals surface area contributed by atoms with E-state index in [-0.39, 0.29) is 18.2 Å². The van der Waals surface area contributed by atoms with Crippen molar-refractivity contribution < 1.29 is 14.6 Å². The van der Waals surface area contributed by atoms with E-state index >= 15 is 0 Å². The first kappa shape index (κ1) is 19.2. The average molecular weight is 347 g/mol. The molecule has 25 heavy (non-hydrogen) atoms. The molecule has 138 valence electrons. The molecule has 1 aliphatic carbocycles. The van der Waals surface area contributed by atoms with Crippen LogP contribution in [0.1, 0.15) is 45.1 Å². The van der Waals surface area contributed by atoms with Crippen molar-refractivity contribution in [2.75, 3.05) is 26.0 Å². The number of nitrogen functional groups attached to an aromatic ring is 1. The third kappa shape index (κ3) is 5.19. The Kier molecular flexibility index (Phi) is 6.42. The monoisotopic (exact) mass is 347 g/mol. The van der Waals surface area contributed by atoms with Gasteiger partial charge in [0.2, 0.25) is 0 Å². The lowest BCUT2D eigenvalue weighted by atomic mass is 10.0. The maximum Gasteiger partial charge on any atom is 0.270 e. The molecule has 0 heterocycles. The van der Waals surface area contributed by atoms with Crippen LogP contribution in [-0.4, -0.2) is 42.5 Å². The molecule has 6 nitrogen and oxygen atoms in total. The summed E-state index contributed by atoms with van der Waals surface area (Å²) in [5.41, 5.74) is 6.55. The van der Waals surface area contributed by atoms with Crippen LogP contribution in [-0.2, 0) is 4.79 Å². The second-order valence-electron chi connectivity index (χ2n) is 7.28. The molecular weight excluding hydrogens is 318 g/mol. The number of benzene rings is 1. The van der Waals surface area contributed by atoms with E-state index in [1.54, 1.807) is 33.0 Å². The van der Waals surface area contributed by atoms with Crippen molar-refractivity contribution in [3.63, 3.8) is 0 Å². The number of ether oxygens (including phenoxy) is 1. The number of carbonyl (C=O) groups excluding carboxylic acids is 1. The minimum absolute atomic E-state index is 0.171. The maximum atomic E-state index is 12.5. The summed E-state index contributed by atoms with van der Waals surface area (Å²) in [6.07, 6.45) is 4.97. The SMILES string of the molecule is CN=C(C(=O)NC(C)(C)CO)c1cc(OCC2CCCC2)ccc1N. The molecule has 1 aromatic carbocycles. The molecule has 0 aromatic heterocycles. The third-order valence-corrected chi connectivity index (χ3v) is 4.53. The molecule has 6 heteroatoms. The van der Waals surface area contributed by atoms with Crippen molar-refractivity contribution in [2.24, 2.45) is 10.9 Å². The Balaban J connectivity index is 2.14. The van der Waals surface area contributed by atoms with E-state index in [1.165, 1.54) is 25.7 Å².